The summed E-state index contributed by atoms with van der Waals surface area (Å²) in [4.78, 5) is 0. The summed E-state index contributed by atoms with van der Waals surface area (Å²) in [6.45, 7) is 4.76. The van der Waals surface area contributed by atoms with Crippen molar-refractivity contribution in [1.82, 2.24) is 5.32 Å². The number of aliphatic hydroxyl groups excluding tert-OH is 1. The quantitative estimate of drug-likeness (QED) is 0.670. The molecule has 0 amide bonds. The van der Waals surface area contributed by atoms with Crippen LogP contribution in [0.15, 0.2) is 24.3 Å². The van der Waals surface area contributed by atoms with Gasteiger partial charge in [0.2, 0.25) is 0 Å². The van der Waals surface area contributed by atoms with E-state index in [0.29, 0.717) is 6.61 Å². The highest BCUT2D eigenvalue weighted by Crippen LogP contribution is 2.17. The van der Waals surface area contributed by atoms with Crippen LogP contribution in [-0.2, 0) is 6.61 Å². The lowest BCUT2D eigenvalue weighted by atomic mass is 10.2. The van der Waals surface area contributed by atoms with Gasteiger partial charge in [-0.1, -0.05) is 25.1 Å². The Bertz CT molecular complexity index is 276. The maximum atomic E-state index is 9.07. The van der Waals surface area contributed by atoms with Crippen molar-refractivity contribution in [2.45, 2.75) is 20.0 Å². The molecule has 1 aromatic rings. The largest absolute Gasteiger partial charge is 0.493 e. The first-order valence-corrected chi connectivity index (χ1v) is 5.40. The average Bonchev–Trinajstić information content (AvgIpc) is 2.29. The fourth-order valence-electron chi connectivity index (χ4n) is 1.33. The van der Waals surface area contributed by atoms with Crippen LogP contribution >= 0.6 is 0 Å². The standard InChI is InChI=1S/C12H19NO2/c1-2-13-8-5-9-15-12-7-4-3-6-11(12)10-14/h3-4,6-7,13-14H,2,5,8-10H2,1H3. The Labute approximate surface area is 91.1 Å². The van der Waals surface area contributed by atoms with Gasteiger partial charge < -0.3 is 15.2 Å². The summed E-state index contributed by atoms with van der Waals surface area (Å²) >= 11 is 0. The number of hydrogen-bond donors (Lipinski definition) is 2. The minimum Gasteiger partial charge on any atom is -0.493 e. The van der Waals surface area contributed by atoms with Crippen LogP contribution in [0, 0.1) is 0 Å². The first-order chi connectivity index (χ1) is 7.38. The summed E-state index contributed by atoms with van der Waals surface area (Å²) in [5, 5.41) is 12.3. The third-order valence-electron chi connectivity index (χ3n) is 2.15. The van der Waals surface area contributed by atoms with Gasteiger partial charge in [0.05, 0.1) is 13.2 Å². The Morgan fingerprint density at radius 2 is 2.13 bits per heavy atom. The van der Waals surface area contributed by atoms with E-state index in [9.17, 15) is 0 Å². The highest BCUT2D eigenvalue weighted by atomic mass is 16.5. The molecule has 0 atom stereocenters. The molecule has 0 heterocycles. The number of benzene rings is 1. The van der Waals surface area contributed by atoms with E-state index in [0.717, 1.165) is 30.8 Å². The lowest BCUT2D eigenvalue weighted by molar-refractivity contribution is 0.261. The van der Waals surface area contributed by atoms with Gasteiger partial charge in [-0.05, 0) is 25.6 Å². The molecule has 84 valence electrons. The molecule has 0 aliphatic carbocycles. The lowest BCUT2D eigenvalue weighted by Gasteiger charge is -2.09. The second kappa shape index (κ2) is 7.26. The molecule has 3 heteroatoms. The van der Waals surface area contributed by atoms with Crippen molar-refractivity contribution < 1.29 is 9.84 Å². The normalized spacial score (nSPS) is 10.3. The molecule has 1 aromatic carbocycles. The molecular weight excluding hydrogens is 190 g/mol. The van der Waals surface area contributed by atoms with E-state index in [1.165, 1.54) is 0 Å². The molecular formula is C12H19NO2. The van der Waals surface area contributed by atoms with Crippen LogP contribution < -0.4 is 10.1 Å². The van der Waals surface area contributed by atoms with Crippen molar-refractivity contribution in [2.24, 2.45) is 0 Å². The third-order valence-corrected chi connectivity index (χ3v) is 2.15. The summed E-state index contributed by atoms with van der Waals surface area (Å²) in [5.41, 5.74) is 0.848. The summed E-state index contributed by atoms with van der Waals surface area (Å²) in [7, 11) is 0. The molecule has 0 radical (unpaired) electrons. The van der Waals surface area contributed by atoms with E-state index in [-0.39, 0.29) is 6.61 Å². The first kappa shape index (κ1) is 12.0. The number of para-hydroxylation sites is 1. The van der Waals surface area contributed by atoms with Gasteiger partial charge in [-0.2, -0.15) is 0 Å². The molecule has 15 heavy (non-hydrogen) atoms. The predicted molar refractivity (Wildman–Crippen MR) is 61.0 cm³/mol. The van der Waals surface area contributed by atoms with Crippen LogP contribution in [0.4, 0.5) is 0 Å². The molecule has 0 saturated carbocycles. The van der Waals surface area contributed by atoms with Gasteiger partial charge >= 0.3 is 0 Å². The molecule has 0 saturated heterocycles. The molecule has 0 bridgehead atoms. The van der Waals surface area contributed by atoms with Gasteiger partial charge in [0, 0.05) is 5.56 Å². The zero-order valence-electron chi connectivity index (χ0n) is 9.20. The molecule has 0 spiro atoms. The van der Waals surface area contributed by atoms with Crippen molar-refractivity contribution in [3.05, 3.63) is 29.8 Å². The van der Waals surface area contributed by atoms with Crippen LogP contribution in [0.2, 0.25) is 0 Å². The molecule has 0 unspecified atom stereocenters. The number of hydrogen-bond acceptors (Lipinski definition) is 3. The highest BCUT2D eigenvalue weighted by molar-refractivity contribution is 5.32. The fourth-order valence-corrected chi connectivity index (χ4v) is 1.33. The SMILES string of the molecule is CCNCCCOc1ccccc1CO. The lowest BCUT2D eigenvalue weighted by Crippen LogP contribution is -2.16. The second-order valence-corrected chi connectivity index (χ2v) is 3.32. The van der Waals surface area contributed by atoms with Gasteiger partial charge in [-0.15, -0.1) is 0 Å². The van der Waals surface area contributed by atoms with E-state index >= 15 is 0 Å². The van der Waals surface area contributed by atoms with Crippen LogP contribution in [0.5, 0.6) is 5.75 Å². The maximum absolute atomic E-state index is 9.07. The minimum atomic E-state index is 0.0311. The van der Waals surface area contributed by atoms with E-state index in [4.69, 9.17) is 9.84 Å². The molecule has 0 aliphatic rings. The Morgan fingerprint density at radius 3 is 2.87 bits per heavy atom. The topological polar surface area (TPSA) is 41.5 Å². The predicted octanol–water partition coefficient (Wildman–Crippen LogP) is 1.56. The van der Waals surface area contributed by atoms with E-state index < -0.39 is 0 Å². The Morgan fingerprint density at radius 1 is 1.33 bits per heavy atom. The highest BCUT2D eigenvalue weighted by Gasteiger charge is 2.00. The van der Waals surface area contributed by atoms with E-state index in [1.807, 2.05) is 24.3 Å². The van der Waals surface area contributed by atoms with E-state index in [1.54, 1.807) is 0 Å². The van der Waals surface area contributed by atoms with Crippen molar-refractivity contribution in [3.63, 3.8) is 0 Å². The average molecular weight is 209 g/mol. The Balaban J connectivity index is 2.30. The van der Waals surface area contributed by atoms with Gasteiger partial charge in [-0.3, -0.25) is 0 Å². The van der Waals surface area contributed by atoms with E-state index in [2.05, 4.69) is 12.2 Å². The van der Waals surface area contributed by atoms with Gasteiger partial charge in [-0.25, -0.2) is 0 Å². The zero-order chi connectivity index (χ0) is 10.9. The fraction of sp³-hybridized carbons (Fsp3) is 0.500. The summed E-state index contributed by atoms with van der Waals surface area (Å²) < 4.78 is 5.57. The van der Waals surface area contributed by atoms with Gasteiger partial charge in [0.1, 0.15) is 5.75 Å². The van der Waals surface area contributed by atoms with Gasteiger partial charge in [0.25, 0.3) is 0 Å². The van der Waals surface area contributed by atoms with Crippen LogP contribution in [0.3, 0.4) is 0 Å². The second-order valence-electron chi connectivity index (χ2n) is 3.32. The van der Waals surface area contributed by atoms with Crippen LogP contribution in [-0.4, -0.2) is 24.8 Å². The molecule has 1 rings (SSSR count). The monoisotopic (exact) mass is 209 g/mol. The molecule has 0 aromatic heterocycles. The smallest absolute Gasteiger partial charge is 0.124 e. The summed E-state index contributed by atoms with van der Waals surface area (Å²) in [6, 6.07) is 7.58. The summed E-state index contributed by atoms with van der Waals surface area (Å²) in [5.74, 6) is 0.788. The van der Waals surface area contributed by atoms with Crippen LogP contribution in [0.1, 0.15) is 18.9 Å². The number of rotatable bonds is 7. The molecule has 0 fully saturated rings. The number of nitrogens with one attached hydrogen (secondary N) is 1. The zero-order valence-corrected chi connectivity index (χ0v) is 9.20. The third kappa shape index (κ3) is 4.32. The molecule has 3 nitrogen and oxygen atoms in total. The van der Waals surface area contributed by atoms with Crippen molar-refractivity contribution in [1.29, 1.82) is 0 Å². The minimum absolute atomic E-state index is 0.0311. The van der Waals surface area contributed by atoms with Gasteiger partial charge in [0.15, 0.2) is 0 Å². The Hall–Kier alpha value is -1.06. The first-order valence-electron chi connectivity index (χ1n) is 5.40. The van der Waals surface area contributed by atoms with Crippen LogP contribution in [0.25, 0.3) is 0 Å². The van der Waals surface area contributed by atoms with Crippen molar-refractivity contribution in [2.75, 3.05) is 19.7 Å². The number of aliphatic hydroxyl groups is 1. The molecule has 2 N–H and O–H groups in total. The number of ether oxygens (including phenoxy) is 1. The van der Waals surface area contributed by atoms with Crippen molar-refractivity contribution >= 4 is 0 Å². The summed E-state index contributed by atoms with van der Waals surface area (Å²) in [6.07, 6.45) is 0.980. The maximum Gasteiger partial charge on any atom is 0.124 e. The van der Waals surface area contributed by atoms with Crippen molar-refractivity contribution in [3.8, 4) is 5.75 Å². The molecule has 0 aliphatic heterocycles. The Kier molecular flexibility index (Phi) is 5.81.